The summed E-state index contributed by atoms with van der Waals surface area (Å²) in [6.45, 7) is 2.63. The third-order valence-corrected chi connectivity index (χ3v) is 14.8. The molecule has 25 nitrogen and oxygen atoms in total. The van der Waals surface area contributed by atoms with E-state index in [4.69, 9.17) is 19.5 Å². The van der Waals surface area contributed by atoms with Crippen molar-refractivity contribution in [3.05, 3.63) is 12.7 Å². The Morgan fingerprint density at radius 2 is 1.49 bits per heavy atom. The third-order valence-electron chi connectivity index (χ3n) is 10.8. The number of ether oxygens (including phenoxy) is 1. The Kier molecular flexibility index (Phi) is 25.6. The van der Waals surface area contributed by atoms with Crippen LogP contribution in [-0.4, -0.2) is 134 Å². The number of phosphoric acid groups is 3. The molecule has 0 aromatic carbocycles. The standard InChI is InChI=1S/C39H70N7O18P3S/c1-4-5-6-7-8-9-10-11-12-13-14-15-16-17-27(47)22-30(49)68-21-20-41-29(48)18-19-42-37(52)34(51)39(2,3)24-61-67(58,59)64-66(56,57)60-23-28-33(63-65(53,54)55)32(50)38(62-28)46-26-45-31-35(40)43-25-44-36(31)46/h25-28,32-34,38,47,50-51H,4-24H2,1-3H3,(H,41,48)(H,42,52)(H,56,57)(H,58,59)(H2,40,43,44)(H2,53,54,55)/t27-,28+,32+,33+,34-,38+/m0/s1. The van der Waals surface area contributed by atoms with Gasteiger partial charge in [-0.05, 0) is 6.42 Å². The van der Waals surface area contributed by atoms with E-state index in [-0.39, 0.29) is 53.8 Å². The number of carbonyl (C=O) groups is 3. The number of nitrogen functional groups attached to an aromatic ring is 1. The third kappa shape index (κ3) is 21.9. The summed E-state index contributed by atoms with van der Waals surface area (Å²) in [7, 11) is -16.4. The summed E-state index contributed by atoms with van der Waals surface area (Å²) < 4.78 is 62.4. The van der Waals surface area contributed by atoms with Gasteiger partial charge in [0.2, 0.25) is 11.8 Å². The number of unbranched alkanes of at least 4 members (excludes halogenated alkanes) is 12. The Hall–Kier alpha value is -2.48. The highest BCUT2D eigenvalue weighted by Crippen LogP contribution is 2.61. The molecule has 2 unspecified atom stereocenters. The van der Waals surface area contributed by atoms with Crippen LogP contribution in [0.15, 0.2) is 12.7 Å². The Balaban J connectivity index is 1.31. The van der Waals surface area contributed by atoms with Crippen molar-refractivity contribution in [3.63, 3.8) is 0 Å². The molecule has 3 heterocycles. The van der Waals surface area contributed by atoms with Crippen LogP contribution in [-0.2, 0) is 50.7 Å². The van der Waals surface area contributed by atoms with Gasteiger partial charge < -0.3 is 56.0 Å². The quantitative estimate of drug-likeness (QED) is 0.0346. The highest BCUT2D eigenvalue weighted by Gasteiger charge is 2.50. The summed E-state index contributed by atoms with van der Waals surface area (Å²) in [4.78, 5) is 88.4. The predicted molar refractivity (Wildman–Crippen MR) is 248 cm³/mol. The molecule has 8 atom stereocenters. The first-order chi connectivity index (χ1) is 31.9. The van der Waals surface area contributed by atoms with Gasteiger partial charge in [0, 0.05) is 37.1 Å². The molecule has 0 spiro atoms. The average molecular weight is 1050 g/mol. The molecule has 0 aliphatic carbocycles. The first-order valence-corrected chi connectivity index (χ1v) is 28.2. The maximum Gasteiger partial charge on any atom is 0.481 e. The van der Waals surface area contributed by atoms with Crippen molar-refractivity contribution in [2.75, 3.05) is 37.8 Å². The minimum absolute atomic E-state index is 0.0265. The number of aromatic nitrogens is 4. The van der Waals surface area contributed by atoms with E-state index < -0.39 is 90.7 Å². The number of fused-ring (bicyclic) bond motifs is 1. The maximum absolute atomic E-state index is 12.7. The Morgan fingerprint density at radius 1 is 0.882 bits per heavy atom. The van der Waals surface area contributed by atoms with E-state index in [1.54, 1.807) is 0 Å². The number of carbonyl (C=O) groups excluding carboxylic acids is 3. The lowest BCUT2D eigenvalue weighted by atomic mass is 9.87. The normalized spacial score (nSPS) is 20.4. The number of amides is 2. The second kappa shape index (κ2) is 29.1. The minimum Gasteiger partial charge on any atom is -0.393 e. The van der Waals surface area contributed by atoms with E-state index in [2.05, 4.69) is 41.3 Å². The summed E-state index contributed by atoms with van der Waals surface area (Å²) in [5, 5.41) is 36.6. The molecule has 2 aromatic rings. The van der Waals surface area contributed by atoms with Crippen molar-refractivity contribution in [2.24, 2.45) is 5.41 Å². The van der Waals surface area contributed by atoms with E-state index in [0.717, 1.165) is 48.2 Å². The Labute approximate surface area is 399 Å². The van der Waals surface area contributed by atoms with E-state index >= 15 is 0 Å². The van der Waals surface area contributed by atoms with E-state index in [1.165, 1.54) is 78.1 Å². The van der Waals surface area contributed by atoms with Gasteiger partial charge in [0.25, 0.3) is 0 Å². The lowest BCUT2D eigenvalue weighted by Gasteiger charge is -2.30. The van der Waals surface area contributed by atoms with Gasteiger partial charge in [-0.15, -0.1) is 0 Å². The molecule has 2 aromatic heterocycles. The number of aliphatic hydroxyl groups is 3. The van der Waals surface area contributed by atoms with Gasteiger partial charge in [0.05, 0.1) is 25.6 Å². The molecule has 0 radical (unpaired) electrons. The van der Waals surface area contributed by atoms with Crippen molar-refractivity contribution in [3.8, 4) is 0 Å². The number of nitrogens with one attached hydrogen (secondary N) is 2. The topological polar surface area (TPSA) is 384 Å². The zero-order chi connectivity index (χ0) is 50.5. The van der Waals surface area contributed by atoms with Gasteiger partial charge in [-0.3, -0.25) is 32.5 Å². The van der Waals surface area contributed by atoms with Crippen molar-refractivity contribution in [1.29, 1.82) is 0 Å². The molecular formula is C39H70N7O18P3S. The van der Waals surface area contributed by atoms with E-state index in [1.807, 2.05) is 0 Å². The zero-order valence-corrected chi connectivity index (χ0v) is 42.2. The number of nitrogens with two attached hydrogens (primary N) is 1. The molecule has 1 fully saturated rings. The van der Waals surface area contributed by atoms with Crippen LogP contribution in [0.5, 0.6) is 0 Å². The Morgan fingerprint density at radius 3 is 2.10 bits per heavy atom. The molecule has 3 rings (SSSR count). The van der Waals surface area contributed by atoms with Crippen molar-refractivity contribution >= 4 is 69.1 Å². The lowest BCUT2D eigenvalue weighted by molar-refractivity contribution is -0.137. The summed E-state index contributed by atoms with van der Waals surface area (Å²) in [5.74, 6) is -1.21. The molecule has 0 bridgehead atoms. The highest BCUT2D eigenvalue weighted by atomic mass is 32.2. The summed E-state index contributed by atoms with van der Waals surface area (Å²) in [6.07, 6.45) is 8.81. The zero-order valence-electron chi connectivity index (χ0n) is 38.7. The highest BCUT2D eigenvalue weighted by molar-refractivity contribution is 8.13. The monoisotopic (exact) mass is 1050 g/mol. The van der Waals surface area contributed by atoms with Crippen molar-refractivity contribution < 1.29 is 85.6 Å². The number of anilines is 1. The molecule has 1 aliphatic heterocycles. The van der Waals surface area contributed by atoms with Gasteiger partial charge in [0.1, 0.15) is 36.3 Å². The first-order valence-electron chi connectivity index (χ1n) is 22.7. The largest absolute Gasteiger partial charge is 0.481 e. The van der Waals surface area contributed by atoms with E-state index in [0.29, 0.717) is 6.42 Å². The molecule has 2 amide bonds. The van der Waals surface area contributed by atoms with Gasteiger partial charge in [-0.1, -0.05) is 116 Å². The molecule has 1 saturated heterocycles. The minimum atomic E-state index is -5.59. The fourth-order valence-electron chi connectivity index (χ4n) is 7.05. The fourth-order valence-corrected chi connectivity index (χ4v) is 10.6. The van der Waals surface area contributed by atoms with Crippen LogP contribution in [0.25, 0.3) is 11.2 Å². The first kappa shape index (κ1) is 59.8. The number of rotatable bonds is 35. The average Bonchev–Trinajstić information content (AvgIpc) is 3.82. The smallest absolute Gasteiger partial charge is 0.393 e. The van der Waals surface area contributed by atoms with Gasteiger partial charge in [-0.2, -0.15) is 4.31 Å². The molecule has 68 heavy (non-hydrogen) atoms. The number of aliphatic hydroxyl groups excluding tert-OH is 3. The summed E-state index contributed by atoms with van der Waals surface area (Å²) in [6, 6.07) is 0. The van der Waals surface area contributed by atoms with Crippen molar-refractivity contribution in [2.45, 2.75) is 160 Å². The van der Waals surface area contributed by atoms with Crippen LogP contribution in [0.4, 0.5) is 5.82 Å². The van der Waals surface area contributed by atoms with Crippen molar-refractivity contribution in [1.82, 2.24) is 30.2 Å². The Bertz CT molecular complexity index is 2030. The van der Waals surface area contributed by atoms with Crippen LogP contribution in [0.3, 0.4) is 0 Å². The van der Waals surface area contributed by atoms with Gasteiger partial charge >= 0.3 is 23.5 Å². The maximum atomic E-state index is 12.7. The van der Waals surface area contributed by atoms with Gasteiger partial charge in [0.15, 0.2) is 22.8 Å². The molecule has 29 heteroatoms. The van der Waals surface area contributed by atoms with Crippen LogP contribution in [0.2, 0.25) is 0 Å². The number of nitrogens with zero attached hydrogens (tertiary/aromatic N) is 4. The number of thioether (sulfide) groups is 1. The predicted octanol–water partition coefficient (Wildman–Crippen LogP) is 3.90. The number of imidazole rings is 1. The fraction of sp³-hybridized carbons (Fsp3) is 0.795. The molecule has 390 valence electrons. The molecule has 11 N–H and O–H groups in total. The number of hydrogen-bond donors (Lipinski definition) is 10. The van der Waals surface area contributed by atoms with Crippen LogP contribution >= 0.6 is 35.2 Å². The summed E-state index contributed by atoms with van der Waals surface area (Å²) >= 11 is 1.00. The number of phosphoric ester groups is 3. The number of hydrogen-bond acceptors (Lipinski definition) is 19. The SMILES string of the molecule is CCCCCCCCCCCCCCC[C@H](O)CC(=O)SCCNC(=O)CCNC(=O)[C@H](O)C(C)(C)COP(=O)(O)OP(=O)(O)OC[C@H]1O[C@@H](n2cnc3c(N)ncnc32)[C@H](O)[C@@H]1OP(=O)(O)O. The van der Waals surface area contributed by atoms with Crippen LogP contribution in [0.1, 0.15) is 130 Å². The van der Waals surface area contributed by atoms with Gasteiger partial charge in [-0.25, -0.2) is 28.6 Å². The second-order valence-corrected chi connectivity index (χ2v) is 22.6. The summed E-state index contributed by atoms with van der Waals surface area (Å²) in [5.41, 5.74) is 4.26. The molecule has 0 saturated carbocycles. The van der Waals surface area contributed by atoms with Crippen LogP contribution < -0.4 is 16.4 Å². The van der Waals surface area contributed by atoms with E-state index in [9.17, 15) is 63.0 Å². The molecular weight excluding hydrogens is 979 g/mol. The molecule has 1 aliphatic rings. The second-order valence-electron chi connectivity index (χ2n) is 17.2. The lowest BCUT2D eigenvalue weighted by Crippen LogP contribution is -2.46. The van der Waals surface area contributed by atoms with Crippen LogP contribution in [0, 0.1) is 5.41 Å².